The van der Waals surface area contributed by atoms with Crippen LogP contribution < -0.4 is 31.9 Å². The first-order valence-corrected chi connectivity index (χ1v) is 14.3. The first-order valence-electron chi connectivity index (χ1n) is 12.5. The van der Waals surface area contributed by atoms with Crippen LogP contribution in [-0.4, -0.2) is 103 Å². The Morgan fingerprint density at radius 3 is 2.23 bits per heavy atom. The Labute approximate surface area is 206 Å². The van der Waals surface area contributed by atoms with Crippen molar-refractivity contribution in [2.24, 2.45) is 0 Å². The standard InChI is InChI=1S/C20H39F3N8O3S/c1-35(32,33)31-10-5-14(6-11-31)25-17-27-18(29-19(28-17)34-13-20(21,22)23)26-15-4-7-24-16(12-15)30-8-2-3-9-30/h14-19,24-29H,2-13H2,1H3. The molecule has 4 aliphatic heterocycles. The zero-order valence-corrected chi connectivity index (χ0v) is 20.9. The minimum absolute atomic E-state index is 0.0124. The molecule has 4 rings (SSSR count). The summed E-state index contributed by atoms with van der Waals surface area (Å²) >= 11 is 0. The number of ether oxygens (including phenoxy) is 1. The van der Waals surface area contributed by atoms with Gasteiger partial charge in [-0.05, 0) is 58.2 Å². The summed E-state index contributed by atoms with van der Waals surface area (Å²) in [7, 11) is -3.23. The molecule has 0 aliphatic carbocycles. The van der Waals surface area contributed by atoms with E-state index in [-0.39, 0.29) is 12.1 Å². The van der Waals surface area contributed by atoms with E-state index in [1.54, 1.807) is 0 Å². The molecule has 35 heavy (non-hydrogen) atoms. The van der Waals surface area contributed by atoms with Gasteiger partial charge in [0, 0.05) is 25.2 Å². The lowest BCUT2D eigenvalue weighted by Crippen LogP contribution is -2.77. The van der Waals surface area contributed by atoms with Crippen LogP contribution in [0.3, 0.4) is 0 Å². The highest BCUT2D eigenvalue weighted by atomic mass is 32.3. The van der Waals surface area contributed by atoms with Crippen LogP contribution in [0.15, 0.2) is 0 Å². The fourth-order valence-corrected chi connectivity index (χ4v) is 6.16. The van der Waals surface area contributed by atoms with Crippen molar-refractivity contribution in [2.45, 2.75) is 81.9 Å². The van der Waals surface area contributed by atoms with Crippen LogP contribution in [0, 0.1) is 0 Å². The molecule has 0 amide bonds. The molecule has 0 radical (unpaired) electrons. The monoisotopic (exact) mass is 528 g/mol. The summed E-state index contributed by atoms with van der Waals surface area (Å²) in [5, 5.41) is 19.8. The molecule has 11 nitrogen and oxygen atoms in total. The number of sulfonamides is 1. The maximum Gasteiger partial charge on any atom is 0.411 e. The Morgan fingerprint density at radius 2 is 1.63 bits per heavy atom. The van der Waals surface area contributed by atoms with Crippen molar-refractivity contribution in [1.29, 1.82) is 0 Å². The van der Waals surface area contributed by atoms with Gasteiger partial charge in [-0.1, -0.05) is 4.21 Å². The fraction of sp³-hybridized carbons (Fsp3) is 1.00. The molecule has 0 aromatic carbocycles. The summed E-state index contributed by atoms with van der Waals surface area (Å²) in [6.45, 7) is 2.50. The summed E-state index contributed by atoms with van der Waals surface area (Å²) in [6, 6.07) is 0.199. The molecule has 0 bridgehead atoms. The zero-order valence-electron chi connectivity index (χ0n) is 20.1. The second kappa shape index (κ2) is 11.9. The number of piperidine rings is 2. The number of hydrogen-bond acceptors (Lipinski definition) is 10. The first kappa shape index (κ1) is 27.6. The van der Waals surface area contributed by atoms with Gasteiger partial charge >= 0.3 is 6.18 Å². The first-order chi connectivity index (χ1) is 16.5. The Morgan fingerprint density at radius 1 is 1.00 bits per heavy atom. The van der Waals surface area contributed by atoms with E-state index >= 15 is 0 Å². The molecule has 6 unspecified atom stereocenters. The molecule has 15 heteroatoms. The molecular formula is C20H39F3N8O3S. The van der Waals surface area contributed by atoms with Crippen LogP contribution >= 0.6 is 0 Å². The van der Waals surface area contributed by atoms with E-state index in [1.165, 1.54) is 23.4 Å². The van der Waals surface area contributed by atoms with E-state index in [1.807, 2.05) is 0 Å². The number of hydrogen-bond donors (Lipinski definition) is 6. The Balaban J connectivity index is 1.32. The Bertz CT molecular complexity index is 718. The fourth-order valence-electron chi connectivity index (χ4n) is 5.28. The molecule has 4 aliphatic rings. The normalized spacial score (nSPS) is 36.3. The molecule has 0 aromatic heterocycles. The molecule has 204 valence electrons. The van der Waals surface area contributed by atoms with E-state index < -0.39 is 42.1 Å². The van der Waals surface area contributed by atoms with Crippen LogP contribution in [0.4, 0.5) is 13.2 Å². The van der Waals surface area contributed by atoms with Crippen molar-refractivity contribution >= 4 is 10.4 Å². The van der Waals surface area contributed by atoms with Crippen molar-refractivity contribution in [1.82, 2.24) is 41.1 Å². The third-order valence-electron chi connectivity index (χ3n) is 7.07. The summed E-state index contributed by atoms with van der Waals surface area (Å²) in [5.41, 5.74) is 0. The van der Waals surface area contributed by atoms with Crippen LogP contribution in [-0.2, 0) is 19.3 Å². The predicted octanol–water partition coefficient (Wildman–Crippen LogP) is -0.809. The third kappa shape index (κ3) is 8.53. The minimum atomic E-state index is -4.43. The molecule has 4 fully saturated rings. The molecular weight excluding hydrogens is 489 g/mol. The maximum absolute atomic E-state index is 12.8. The van der Waals surface area contributed by atoms with E-state index in [0.29, 0.717) is 32.1 Å². The van der Waals surface area contributed by atoms with E-state index in [2.05, 4.69) is 36.8 Å². The highest BCUT2D eigenvalue weighted by Gasteiger charge is 2.36. The quantitative estimate of drug-likeness (QED) is 0.223. The SMILES string of the molecule is C[S+](=O)([O-])N1CCC(NC2NC(NC3CCNC(N4CCCC4)C3)NC(OCC(F)(F)F)N2)CC1. The summed E-state index contributed by atoms with van der Waals surface area (Å²) in [6.07, 6.45) is 0.528. The molecule has 0 spiro atoms. The highest BCUT2D eigenvalue weighted by molar-refractivity contribution is 7.94. The van der Waals surface area contributed by atoms with Gasteiger partial charge in [0.1, 0.15) is 35.8 Å². The largest absolute Gasteiger partial charge is 0.598 e. The molecule has 4 saturated heterocycles. The Hall–Kier alpha value is -0.460. The van der Waals surface area contributed by atoms with E-state index in [4.69, 9.17) is 4.74 Å². The summed E-state index contributed by atoms with van der Waals surface area (Å²) < 4.78 is 68.4. The van der Waals surface area contributed by atoms with Crippen molar-refractivity contribution in [3.63, 3.8) is 0 Å². The van der Waals surface area contributed by atoms with Gasteiger partial charge < -0.3 is 14.6 Å². The van der Waals surface area contributed by atoms with Crippen LogP contribution in [0.25, 0.3) is 0 Å². The van der Waals surface area contributed by atoms with Crippen LogP contribution in [0.1, 0.15) is 38.5 Å². The van der Waals surface area contributed by atoms with Gasteiger partial charge in [0.15, 0.2) is 6.35 Å². The lowest BCUT2D eigenvalue weighted by atomic mass is 10.0. The van der Waals surface area contributed by atoms with E-state index in [0.717, 1.165) is 32.5 Å². The van der Waals surface area contributed by atoms with Crippen molar-refractivity contribution in [3.8, 4) is 0 Å². The van der Waals surface area contributed by atoms with Gasteiger partial charge in [-0.3, -0.25) is 31.5 Å². The van der Waals surface area contributed by atoms with E-state index in [9.17, 15) is 21.9 Å². The lowest BCUT2D eigenvalue weighted by molar-refractivity contribution is -0.199. The van der Waals surface area contributed by atoms with Gasteiger partial charge in [0.25, 0.3) is 0 Å². The average molecular weight is 529 g/mol. The average Bonchev–Trinajstić information content (AvgIpc) is 3.32. The summed E-state index contributed by atoms with van der Waals surface area (Å²) in [5.74, 6) is 0. The van der Waals surface area contributed by atoms with Crippen molar-refractivity contribution in [2.75, 3.05) is 45.6 Å². The Kier molecular flexibility index (Phi) is 9.41. The van der Waals surface area contributed by atoms with Gasteiger partial charge in [-0.25, -0.2) is 0 Å². The summed E-state index contributed by atoms with van der Waals surface area (Å²) in [4.78, 5) is 2.46. The molecule has 6 N–H and O–H groups in total. The second-order valence-electron chi connectivity index (χ2n) is 9.88. The number of rotatable bonds is 8. The molecule has 4 heterocycles. The second-order valence-corrected chi connectivity index (χ2v) is 11.9. The minimum Gasteiger partial charge on any atom is -0.598 e. The van der Waals surface area contributed by atoms with Gasteiger partial charge in [0.2, 0.25) is 0 Å². The maximum atomic E-state index is 12.8. The van der Waals surface area contributed by atoms with Crippen molar-refractivity contribution in [3.05, 3.63) is 0 Å². The van der Waals surface area contributed by atoms with Gasteiger partial charge in [0.05, 0.1) is 6.17 Å². The lowest BCUT2D eigenvalue weighted by Gasteiger charge is -2.44. The highest BCUT2D eigenvalue weighted by Crippen LogP contribution is 2.19. The van der Waals surface area contributed by atoms with Crippen LogP contribution in [0.5, 0.6) is 0 Å². The smallest absolute Gasteiger partial charge is 0.411 e. The zero-order chi connectivity index (χ0) is 25.1. The molecule has 6 atom stereocenters. The van der Waals surface area contributed by atoms with Crippen LogP contribution in [0.2, 0.25) is 0 Å². The number of alkyl halides is 3. The third-order valence-corrected chi connectivity index (χ3v) is 8.38. The number of likely N-dealkylation sites (tertiary alicyclic amines) is 1. The number of nitrogens with zero attached hydrogens (tertiary/aromatic N) is 2. The van der Waals surface area contributed by atoms with Gasteiger partial charge in [-0.2, -0.15) is 13.2 Å². The topological polar surface area (TPSA) is 128 Å². The number of halogens is 3. The predicted molar refractivity (Wildman–Crippen MR) is 124 cm³/mol. The van der Waals surface area contributed by atoms with Gasteiger partial charge in [-0.15, -0.1) is 4.31 Å². The number of nitrogens with one attached hydrogen (secondary N) is 6. The molecule has 0 saturated carbocycles. The van der Waals surface area contributed by atoms with Crippen molar-refractivity contribution < 1.29 is 26.7 Å². The molecule has 0 aromatic rings.